The summed E-state index contributed by atoms with van der Waals surface area (Å²) in [6.45, 7) is 3.15. The Balaban J connectivity index is 1.53. The zero-order valence-corrected chi connectivity index (χ0v) is 15.7. The Kier molecular flexibility index (Phi) is 5.60. The summed E-state index contributed by atoms with van der Waals surface area (Å²) in [6, 6.07) is 13.4. The lowest BCUT2D eigenvalue weighted by Gasteiger charge is -2.31. The van der Waals surface area contributed by atoms with Crippen LogP contribution in [0.4, 0.5) is 0 Å². The number of H-pyrrole nitrogens is 1. The molecule has 0 aliphatic carbocycles. The topological polar surface area (TPSA) is 82.1 Å². The van der Waals surface area contributed by atoms with E-state index in [1.807, 2.05) is 24.3 Å². The van der Waals surface area contributed by atoms with E-state index in [2.05, 4.69) is 32.0 Å². The molecule has 1 atom stereocenters. The normalized spacial score (nSPS) is 17.5. The number of benzene rings is 1. The van der Waals surface area contributed by atoms with Gasteiger partial charge in [-0.3, -0.25) is 14.7 Å². The number of piperidine rings is 1. The molecule has 2 aromatic heterocycles. The van der Waals surface area contributed by atoms with Gasteiger partial charge in [0.05, 0.1) is 5.69 Å². The van der Waals surface area contributed by atoms with E-state index in [4.69, 9.17) is 0 Å². The number of aromatic nitrogens is 3. The molecule has 0 saturated carbocycles. The van der Waals surface area contributed by atoms with Crippen LogP contribution in [0.25, 0.3) is 22.6 Å². The molecular formula is C22H24N4O2. The van der Waals surface area contributed by atoms with E-state index in [1.54, 1.807) is 12.4 Å². The molecule has 0 bridgehead atoms. The third-order valence-electron chi connectivity index (χ3n) is 5.19. The van der Waals surface area contributed by atoms with E-state index in [9.17, 15) is 9.90 Å². The lowest BCUT2D eigenvalue weighted by Crippen LogP contribution is -2.36. The highest BCUT2D eigenvalue weighted by Crippen LogP contribution is 2.21. The molecule has 2 N–H and O–H groups in total. The first-order valence-corrected chi connectivity index (χ1v) is 9.65. The van der Waals surface area contributed by atoms with Gasteiger partial charge in [0.15, 0.2) is 0 Å². The van der Waals surface area contributed by atoms with Crippen LogP contribution in [0, 0.1) is 5.92 Å². The van der Waals surface area contributed by atoms with Gasteiger partial charge in [0.2, 0.25) is 0 Å². The first-order chi connectivity index (χ1) is 13.7. The third kappa shape index (κ3) is 4.35. The molecule has 6 heteroatoms. The molecule has 0 spiro atoms. The molecule has 1 aromatic carbocycles. The molecule has 144 valence electrons. The molecule has 4 rings (SSSR count). The van der Waals surface area contributed by atoms with Crippen LogP contribution in [-0.2, 0) is 6.54 Å². The van der Waals surface area contributed by atoms with E-state index in [0.717, 1.165) is 43.6 Å². The van der Waals surface area contributed by atoms with Gasteiger partial charge in [-0.25, -0.2) is 4.98 Å². The fraction of sp³-hybridized carbons (Fsp3) is 0.318. The molecule has 6 nitrogen and oxygen atoms in total. The fourth-order valence-corrected chi connectivity index (χ4v) is 3.73. The van der Waals surface area contributed by atoms with Gasteiger partial charge >= 0.3 is 0 Å². The molecule has 1 aliphatic heterocycles. The molecule has 1 saturated heterocycles. The van der Waals surface area contributed by atoms with Crippen LogP contribution in [0.1, 0.15) is 18.4 Å². The van der Waals surface area contributed by atoms with E-state index in [-0.39, 0.29) is 12.2 Å². The average molecular weight is 376 g/mol. The van der Waals surface area contributed by atoms with Crippen LogP contribution >= 0.6 is 0 Å². The molecule has 3 aromatic rings. The predicted octanol–water partition coefficient (Wildman–Crippen LogP) is 2.70. The number of aliphatic hydroxyl groups is 1. The van der Waals surface area contributed by atoms with Gasteiger partial charge in [0, 0.05) is 49.3 Å². The van der Waals surface area contributed by atoms with Crippen molar-refractivity contribution in [3.8, 4) is 22.6 Å². The summed E-state index contributed by atoms with van der Waals surface area (Å²) in [5, 5.41) is 9.40. The minimum absolute atomic E-state index is 0.184. The molecule has 0 amide bonds. The number of rotatable bonds is 5. The first kappa shape index (κ1) is 18.5. The van der Waals surface area contributed by atoms with Crippen LogP contribution in [0.3, 0.4) is 0 Å². The van der Waals surface area contributed by atoms with Crippen molar-refractivity contribution in [3.63, 3.8) is 0 Å². The average Bonchev–Trinajstić information content (AvgIpc) is 2.74. The number of likely N-dealkylation sites (tertiary alicyclic amines) is 1. The van der Waals surface area contributed by atoms with Crippen LogP contribution < -0.4 is 5.56 Å². The second-order valence-corrected chi connectivity index (χ2v) is 7.34. The summed E-state index contributed by atoms with van der Waals surface area (Å²) in [5.41, 5.74) is 3.33. The zero-order chi connectivity index (χ0) is 19.3. The largest absolute Gasteiger partial charge is 0.396 e. The number of pyridine rings is 1. The van der Waals surface area contributed by atoms with Crippen molar-refractivity contribution < 1.29 is 5.11 Å². The van der Waals surface area contributed by atoms with Crippen LogP contribution in [0.2, 0.25) is 0 Å². The number of hydrogen-bond donors (Lipinski definition) is 2. The number of hydrogen-bond acceptors (Lipinski definition) is 5. The highest BCUT2D eigenvalue weighted by Gasteiger charge is 2.19. The highest BCUT2D eigenvalue weighted by atomic mass is 16.3. The van der Waals surface area contributed by atoms with Crippen molar-refractivity contribution in [1.29, 1.82) is 0 Å². The van der Waals surface area contributed by atoms with Crippen molar-refractivity contribution >= 4 is 0 Å². The van der Waals surface area contributed by atoms with E-state index >= 15 is 0 Å². The van der Waals surface area contributed by atoms with Crippen LogP contribution in [0.5, 0.6) is 0 Å². The first-order valence-electron chi connectivity index (χ1n) is 9.65. The van der Waals surface area contributed by atoms with Gasteiger partial charge in [-0.05, 0) is 43.0 Å². The Morgan fingerprint density at radius 2 is 2.04 bits per heavy atom. The third-order valence-corrected chi connectivity index (χ3v) is 5.19. The summed E-state index contributed by atoms with van der Waals surface area (Å²) in [5.74, 6) is 0.939. The minimum Gasteiger partial charge on any atom is -0.396 e. The Labute approximate surface area is 163 Å². The monoisotopic (exact) mass is 376 g/mol. The van der Waals surface area contributed by atoms with Crippen molar-refractivity contribution in [2.75, 3.05) is 19.7 Å². The fourth-order valence-electron chi connectivity index (χ4n) is 3.73. The highest BCUT2D eigenvalue weighted by molar-refractivity contribution is 5.62. The lowest BCUT2D eigenvalue weighted by atomic mass is 9.98. The van der Waals surface area contributed by atoms with Gasteiger partial charge in [0.25, 0.3) is 5.56 Å². The second-order valence-electron chi connectivity index (χ2n) is 7.34. The van der Waals surface area contributed by atoms with E-state index < -0.39 is 0 Å². The maximum Gasteiger partial charge on any atom is 0.251 e. The maximum atomic E-state index is 12.1. The van der Waals surface area contributed by atoms with Gasteiger partial charge < -0.3 is 10.1 Å². The molecule has 1 unspecified atom stereocenters. The summed E-state index contributed by atoms with van der Waals surface area (Å²) >= 11 is 0. The Hall–Kier alpha value is -2.83. The van der Waals surface area contributed by atoms with Crippen LogP contribution in [0.15, 0.2) is 59.7 Å². The quantitative estimate of drug-likeness (QED) is 0.715. The van der Waals surface area contributed by atoms with Gasteiger partial charge in [0.1, 0.15) is 5.82 Å². The van der Waals surface area contributed by atoms with Crippen molar-refractivity contribution in [3.05, 3.63) is 70.8 Å². The number of aromatic amines is 1. The van der Waals surface area contributed by atoms with Crippen molar-refractivity contribution in [2.24, 2.45) is 5.92 Å². The van der Waals surface area contributed by atoms with Gasteiger partial charge in [-0.1, -0.05) is 24.3 Å². The Bertz CT molecular complexity index is 970. The zero-order valence-electron chi connectivity index (χ0n) is 15.7. The summed E-state index contributed by atoms with van der Waals surface area (Å²) in [6.07, 6.45) is 5.64. The van der Waals surface area contributed by atoms with Gasteiger partial charge in [-0.2, -0.15) is 0 Å². The second kappa shape index (κ2) is 8.46. The molecule has 28 heavy (non-hydrogen) atoms. The van der Waals surface area contributed by atoms with E-state index in [1.165, 1.54) is 11.6 Å². The van der Waals surface area contributed by atoms with Crippen molar-refractivity contribution in [2.45, 2.75) is 19.4 Å². The van der Waals surface area contributed by atoms with Crippen molar-refractivity contribution in [1.82, 2.24) is 19.9 Å². The number of aliphatic hydroxyl groups excluding tert-OH is 1. The molecule has 3 heterocycles. The molecule has 1 aliphatic rings. The molecule has 0 radical (unpaired) electrons. The smallest absolute Gasteiger partial charge is 0.251 e. The van der Waals surface area contributed by atoms with Gasteiger partial charge in [-0.15, -0.1) is 0 Å². The standard InChI is InChI=1S/C22H24N4O2/c27-15-17-3-2-10-26(14-17)13-16-5-7-18(8-6-16)22-24-20(11-21(28)25-22)19-4-1-9-23-12-19/h1,4-9,11-12,17,27H,2-3,10,13-15H2,(H,24,25,28). The Morgan fingerprint density at radius 3 is 2.79 bits per heavy atom. The Morgan fingerprint density at radius 1 is 1.18 bits per heavy atom. The lowest BCUT2D eigenvalue weighted by molar-refractivity contribution is 0.116. The SMILES string of the molecule is O=c1cc(-c2cccnc2)nc(-c2ccc(CN3CCCC(CO)C3)cc2)[nH]1. The van der Waals surface area contributed by atoms with E-state index in [0.29, 0.717) is 17.4 Å². The summed E-state index contributed by atoms with van der Waals surface area (Å²) < 4.78 is 0. The number of nitrogens with zero attached hydrogens (tertiary/aromatic N) is 3. The predicted molar refractivity (Wildman–Crippen MR) is 109 cm³/mol. The summed E-state index contributed by atoms with van der Waals surface area (Å²) in [7, 11) is 0. The van der Waals surface area contributed by atoms with Crippen LogP contribution in [-0.4, -0.2) is 44.7 Å². The molecular weight excluding hydrogens is 352 g/mol. The maximum absolute atomic E-state index is 12.1. The molecule has 1 fully saturated rings. The summed E-state index contributed by atoms with van der Waals surface area (Å²) in [4.78, 5) is 26.0. The minimum atomic E-state index is -0.184. The number of nitrogens with one attached hydrogen (secondary N) is 1.